The maximum Gasteiger partial charge on any atom is 0.178 e. The molecule has 6 heteroatoms. The molecule has 180 valence electrons. The number of likely N-dealkylation sites (N-methyl/N-ethyl adjacent to an activating group) is 1. The Morgan fingerprint density at radius 3 is 2.66 bits per heavy atom. The molecule has 1 aliphatic carbocycles. The van der Waals surface area contributed by atoms with Crippen LogP contribution in [0.25, 0.3) is 11.1 Å². The number of aliphatic hydroxyl groups excluding tert-OH is 1. The van der Waals surface area contributed by atoms with Gasteiger partial charge >= 0.3 is 0 Å². The quantitative estimate of drug-likeness (QED) is 0.357. The minimum absolute atomic E-state index is 0.429. The van der Waals surface area contributed by atoms with Crippen molar-refractivity contribution >= 4 is 23.3 Å². The molecule has 2 aliphatic heterocycles. The SMILES string of the molecule is CN1Sc2cc3c(cc2N(c2cc#ccc2)C[C@H]1C1CCCCC1)OCc1ccc(C(O)O)cc1-3. The third-order valence-electron chi connectivity index (χ3n) is 7.68. The fraction of sp³-hybridized carbons (Fsp3) is 0.379. The third kappa shape index (κ3) is 4.28. The molecule has 6 rings (SSSR count). The molecule has 2 heterocycles. The molecule has 0 unspecified atom stereocenters. The monoisotopic (exact) mass is 486 g/mol. The van der Waals surface area contributed by atoms with Crippen molar-refractivity contribution in [3.63, 3.8) is 0 Å². The van der Waals surface area contributed by atoms with Gasteiger partial charge in [0.1, 0.15) is 12.4 Å². The van der Waals surface area contributed by atoms with E-state index in [0.717, 1.165) is 40.4 Å². The maximum atomic E-state index is 9.75. The molecular formula is C29H30N2O3S. The second kappa shape index (κ2) is 9.40. The first-order valence-electron chi connectivity index (χ1n) is 12.4. The van der Waals surface area contributed by atoms with Crippen molar-refractivity contribution in [3.8, 4) is 16.9 Å². The van der Waals surface area contributed by atoms with Gasteiger partial charge in [-0.25, -0.2) is 4.31 Å². The van der Waals surface area contributed by atoms with Gasteiger partial charge in [-0.15, -0.1) is 0 Å². The molecule has 0 aromatic heterocycles. The number of anilines is 2. The van der Waals surface area contributed by atoms with Crippen LogP contribution < -0.4 is 9.64 Å². The molecular weight excluding hydrogens is 456 g/mol. The van der Waals surface area contributed by atoms with Gasteiger partial charge < -0.3 is 19.8 Å². The second-order valence-electron chi connectivity index (χ2n) is 9.80. The average molecular weight is 487 g/mol. The Bertz CT molecular complexity index is 1210. The summed E-state index contributed by atoms with van der Waals surface area (Å²) in [6.45, 7) is 1.38. The molecule has 5 nitrogen and oxygen atoms in total. The minimum Gasteiger partial charge on any atom is -0.488 e. The van der Waals surface area contributed by atoms with Crippen LogP contribution >= 0.6 is 11.9 Å². The van der Waals surface area contributed by atoms with Crippen LogP contribution in [0.2, 0.25) is 0 Å². The number of hydrogen-bond acceptors (Lipinski definition) is 6. The van der Waals surface area contributed by atoms with E-state index in [4.69, 9.17) is 4.74 Å². The standard InChI is InChI=1S/C29H30N2O3S/c1-30-26(19-8-4-2-5-9-19)17-31(22-10-6-3-7-11-22)25-16-27-24(15-28(25)35-30)23-14-20(29(32)33)12-13-21(23)18-34-27/h6,10-16,19,26,29,32-33H,2,4-5,8-9,17-18H2,1H3/t26-/m0/s1. The zero-order valence-corrected chi connectivity index (χ0v) is 20.7. The molecule has 0 saturated heterocycles. The van der Waals surface area contributed by atoms with Gasteiger partial charge in [-0.05, 0) is 73.1 Å². The highest BCUT2D eigenvalue weighted by atomic mass is 32.2. The highest BCUT2D eigenvalue weighted by Gasteiger charge is 2.35. The summed E-state index contributed by atoms with van der Waals surface area (Å²) in [6, 6.07) is 22.6. The van der Waals surface area contributed by atoms with E-state index in [-0.39, 0.29) is 0 Å². The Hall–Kier alpha value is -2.69. The van der Waals surface area contributed by atoms with Crippen molar-refractivity contribution < 1.29 is 14.9 Å². The summed E-state index contributed by atoms with van der Waals surface area (Å²) in [7, 11) is 2.23. The number of rotatable bonds is 3. The lowest BCUT2D eigenvalue weighted by atomic mass is 9.83. The highest BCUT2D eigenvalue weighted by molar-refractivity contribution is 7.97. The Labute approximate surface area is 211 Å². The van der Waals surface area contributed by atoms with E-state index in [1.807, 2.05) is 36.2 Å². The predicted molar refractivity (Wildman–Crippen MR) is 138 cm³/mol. The summed E-state index contributed by atoms with van der Waals surface area (Å²) in [6.07, 6.45) is 5.06. The van der Waals surface area contributed by atoms with E-state index in [1.165, 1.54) is 37.0 Å². The van der Waals surface area contributed by atoms with E-state index in [1.54, 1.807) is 6.07 Å². The number of fused-ring (bicyclic) bond motifs is 4. The van der Waals surface area contributed by atoms with Crippen LogP contribution in [0.4, 0.5) is 11.4 Å². The molecule has 3 aromatic rings. The molecule has 1 fully saturated rings. The summed E-state index contributed by atoms with van der Waals surface area (Å²) < 4.78 is 8.68. The lowest BCUT2D eigenvalue weighted by Gasteiger charge is -2.37. The molecule has 35 heavy (non-hydrogen) atoms. The van der Waals surface area contributed by atoms with Gasteiger partial charge in [0.2, 0.25) is 0 Å². The lowest BCUT2D eigenvalue weighted by Crippen LogP contribution is -2.42. The molecule has 2 N–H and O–H groups in total. The van der Waals surface area contributed by atoms with Crippen molar-refractivity contribution in [2.75, 3.05) is 18.5 Å². The molecule has 0 radical (unpaired) electrons. The number of benzene rings is 2. The average Bonchev–Trinajstić information content (AvgIpc) is 3.03. The number of aliphatic hydroxyl groups is 2. The van der Waals surface area contributed by atoms with E-state index in [2.05, 4.69) is 46.6 Å². The van der Waals surface area contributed by atoms with Gasteiger partial charge in [0.15, 0.2) is 6.29 Å². The Morgan fingerprint density at radius 1 is 1.03 bits per heavy atom. The molecule has 1 saturated carbocycles. The lowest BCUT2D eigenvalue weighted by molar-refractivity contribution is -0.0424. The fourth-order valence-corrected chi connectivity index (χ4v) is 6.91. The van der Waals surface area contributed by atoms with Crippen molar-refractivity contribution in [2.45, 2.75) is 55.9 Å². The van der Waals surface area contributed by atoms with Gasteiger partial charge in [0, 0.05) is 40.7 Å². The smallest absolute Gasteiger partial charge is 0.178 e. The molecule has 0 amide bonds. The minimum atomic E-state index is -1.49. The van der Waals surface area contributed by atoms with Gasteiger partial charge in [-0.1, -0.05) is 43.5 Å². The van der Waals surface area contributed by atoms with Crippen LogP contribution in [0.15, 0.2) is 53.4 Å². The number of ether oxygens (including phenoxy) is 1. The van der Waals surface area contributed by atoms with E-state index in [0.29, 0.717) is 24.1 Å². The number of hydrogen-bond donors (Lipinski definition) is 2. The van der Waals surface area contributed by atoms with Crippen molar-refractivity contribution in [2.24, 2.45) is 5.92 Å². The Kier molecular flexibility index (Phi) is 6.11. The van der Waals surface area contributed by atoms with Crippen molar-refractivity contribution in [1.29, 1.82) is 0 Å². The van der Waals surface area contributed by atoms with Crippen LogP contribution in [0, 0.1) is 18.1 Å². The fourth-order valence-electron chi connectivity index (χ4n) is 5.79. The molecule has 0 bridgehead atoms. The zero-order valence-electron chi connectivity index (χ0n) is 19.9. The normalized spacial score (nSPS) is 20.3. The van der Waals surface area contributed by atoms with Crippen LogP contribution in [-0.4, -0.2) is 34.2 Å². The predicted octanol–water partition coefficient (Wildman–Crippen LogP) is 5.87. The molecule has 0 spiro atoms. The summed E-state index contributed by atoms with van der Waals surface area (Å²) in [5.74, 6) is 1.51. The third-order valence-corrected chi connectivity index (χ3v) is 8.77. The molecule has 3 aromatic carbocycles. The maximum absolute atomic E-state index is 9.75. The molecule has 1 atom stereocenters. The van der Waals surface area contributed by atoms with Gasteiger partial charge in [0.05, 0.1) is 11.4 Å². The van der Waals surface area contributed by atoms with Gasteiger partial charge in [0.25, 0.3) is 0 Å². The molecule has 3 aliphatic rings. The topological polar surface area (TPSA) is 56.2 Å². The van der Waals surface area contributed by atoms with Gasteiger partial charge in [-0.3, -0.25) is 0 Å². The highest BCUT2D eigenvalue weighted by Crippen LogP contribution is 2.49. The van der Waals surface area contributed by atoms with Gasteiger partial charge in [-0.2, -0.15) is 0 Å². The zero-order chi connectivity index (χ0) is 23.9. The Morgan fingerprint density at radius 2 is 1.89 bits per heavy atom. The van der Waals surface area contributed by atoms with E-state index in [9.17, 15) is 10.2 Å². The summed E-state index contributed by atoms with van der Waals surface area (Å²) in [4.78, 5) is 3.59. The summed E-state index contributed by atoms with van der Waals surface area (Å²) >= 11 is 1.81. The van der Waals surface area contributed by atoms with Crippen LogP contribution in [-0.2, 0) is 6.61 Å². The van der Waals surface area contributed by atoms with Crippen LogP contribution in [0.5, 0.6) is 5.75 Å². The largest absolute Gasteiger partial charge is 0.488 e. The van der Waals surface area contributed by atoms with Crippen LogP contribution in [0.1, 0.15) is 49.5 Å². The van der Waals surface area contributed by atoms with Crippen LogP contribution in [0.3, 0.4) is 0 Å². The first kappa shape index (κ1) is 22.8. The summed E-state index contributed by atoms with van der Waals surface area (Å²) in [5, 5.41) is 19.5. The Balaban J connectivity index is 1.47. The first-order chi connectivity index (χ1) is 17.1. The van der Waals surface area contributed by atoms with E-state index < -0.39 is 6.29 Å². The summed E-state index contributed by atoms with van der Waals surface area (Å²) in [5.41, 5.74) is 5.80. The van der Waals surface area contributed by atoms with Crippen molar-refractivity contribution in [1.82, 2.24) is 4.31 Å². The van der Waals surface area contributed by atoms with Crippen molar-refractivity contribution in [3.05, 3.63) is 71.8 Å². The van der Waals surface area contributed by atoms with E-state index >= 15 is 0 Å². The first-order valence-corrected chi connectivity index (χ1v) is 13.2. The second-order valence-corrected chi connectivity index (χ2v) is 11.0. The number of nitrogens with zero attached hydrogens (tertiary/aromatic N) is 2.